The van der Waals surface area contributed by atoms with Gasteiger partial charge in [0.15, 0.2) is 0 Å². The van der Waals surface area contributed by atoms with Crippen LogP contribution >= 0.6 is 11.8 Å². The number of hydrogen-bond donors (Lipinski definition) is 0. The predicted octanol–water partition coefficient (Wildman–Crippen LogP) is 8.09. The summed E-state index contributed by atoms with van der Waals surface area (Å²) < 4.78 is 36.2. The van der Waals surface area contributed by atoms with Gasteiger partial charge in [0, 0.05) is 28.2 Å². The Morgan fingerprint density at radius 3 is 2.22 bits per heavy atom. The maximum absolute atomic E-state index is 15.3. The SMILES string of the molecule is Fc1ccccc1-c1cccc2c1C(c1ccccc1F)C(c1ccc(OCCN3CCCC3)cc1)S2. The first-order valence-corrected chi connectivity index (χ1v) is 13.8. The standard InChI is InChI=1S/C32H29F2NOS/c33-27-11-3-1-8-24(27)25-10-7-13-29-30(25)31(26-9-2-4-12-28(26)34)32(37-29)22-14-16-23(17-15-22)36-21-20-35-18-5-6-19-35/h1-4,7-17,31-32H,5-6,18-21H2. The van der Waals surface area contributed by atoms with Crippen molar-refractivity contribution in [3.8, 4) is 16.9 Å². The van der Waals surface area contributed by atoms with Gasteiger partial charge in [-0.05, 0) is 78.5 Å². The van der Waals surface area contributed by atoms with Crippen LogP contribution < -0.4 is 4.74 Å². The normalized spacial score (nSPS) is 19.2. The summed E-state index contributed by atoms with van der Waals surface area (Å²) in [6.45, 7) is 3.94. The number of nitrogens with zero attached hydrogens (tertiary/aromatic N) is 1. The van der Waals surface area contributed by atoms with Crippen LogP contribution in [0.3, 0.4) is 0 Å². The molecule has 6 rings (SSSR count). The molecule has 2 nitrogen and oxygen atoms in total. The molecule has 2 aliphatic rings. The highest BCUT2D eigenvalue weighted by Crippen LogP contribution is 2.59. The minimum atomic E-state index is -0.271. The van der Waals surface area contributed by atoms with Crippen LogP contribution in [0.5, 0.6) is 5.75 Å². The summed E-state index contributed by atoms with van der Waals surface area (Å²) in [5.41, 5.74) is 4.08. The molecule has 0 amide bonds. The second-order valence-corrected chi connectivity index (χ2v) is 10.9. The van der Waals surface area contributed by atoms with Gasteiger partial charge in [-0.3, -0.25) is 4.90 Å². The van der Waals surface area contributed by atoms with E-state index in [1.54, 1.807) is 30.0 Å². The molecule has 2 aliphatic heterocycles. The minimum absolute atomic E-state index is 0.0431. The summed E-state index contributed by atoms with van der Waals surface area (Å²) >= 11 is 1.72. The summed E-state index contributed by atoms with van der Waals surface area (Å²) in [5, 5.41) is -0.0431. The van der Waals surface area contributed by atoms with Crippen molar-refractivity contribution in [1.29, 1.82) is 0 Å². The molecule has 2 atom stereocenters. The van der Waals surface area contributed by atoms with Gasteiger partial charge in [-0.1, -0.05) is 60.7 Å². The second kappa shape index (κ2) is 10.7. The van der Waals surface area contributed by atoms with E-state index >= 15 is 4.39 Å². The van der Waals surface area contributed by atoms with Crippen molar-refractivity contribution in [2.75, 3.05) is 26.2 Å². The lowest BCUT2D eigenvalue weighted by molar-refractivity contribution is 0.238. The number of likely N-dealkylation sites (tertiary alicyclic amines) is 1. The monoisotopic (exact) mass is 513 g/mol. The lowest BCUT2D eigenvalue weighted by Gasteiger charge is -2.23. The van der Waals surface area contributed by atoms with Gasteiger partial charge in [0.2, 0.25) is 0 Å². The van der Waals surface area contributed by atoms with E-state index < -0.39 is 0 Å². The average Bonchev–Trinajstić information content (AvgIpc) is 3.58. The zero-order valence-electron chi connectivity index (χ0n) is 20.6. The summed E-state index contributed by atoms with van der Waals surface area (Å²) in [4.78, 5) is 3.50. The topological polar surface area (TPSA) is 12.5 Å². The molecule has 1 fully saturated rings. The second-order valence-electron chi connectivity index (χ2n) is 9.70. The summed E-state index contributed by atoms with van der Waals surface area (Å²) in [6.07, 6.45) is 2.55. The van der Waals surface area contributed by atoms with E-state index in [1.807, 2.05) is 42.5 Å². The first-order chi connectivity index (χ1) is 18.2. The minimum Gasteiger partial charge on any atom is -0.492 e. The third kappa shape index (κ3) is 4.90. The van der Waals surface area contributed by atoms with Crippen molar-refractivity contribution < 1.29 is 13.5 Å². The third-order valence-electron chi connectivity index (χ3n) is 7.42. The van der Waals surface area contributed by atoms with Gasteiger partial charge in [-0.2, -0.15) is 0 Å². The molecule has 2 unspecified atom stereocenters. The van der Waals surface area contributed by atoms with Crippen LogP contribution in [-0.4, -0.2) is 31.1 Å². The molecule has 0 saturated carbocycles. The molecular formula is C32H29F2NOS. The van der Waals surface area contributed by atoms with Gasteiger partial charge in [0.05, 0.1) is 0 Å². The fourth-order valence-corrected chi connectivity index (χ4v) is 7.10. The van der Waals surface area contributed by atoms with E-state index in [-0.39, 0.29) is 22.8 Å². The van der Waals surface area contributed by atoms with E-state index in [2.05, 4.69) is 23.1 Å². The largest absolute Gasteiger partial charge is 0.492 e. The van der Waals surface area contributed by atoms with E-state index in [9.17, 15) is 4.39 Å². The predicted molar refractivity (Wildman–Crippen MR) is 146 cm³/mol. The lowest BCUT2D eigenvalue weighted by Crippen LogP contribution is -2.25. The van der Waals surface area contributed by atoms with Crippen molar-refractivity contribution in [1.82, 2.24) is 4.90 Å². The molecule has 4 aromatic carbocycles. The quantitative estimate of drug-likeness (QED) is 0.248. The molecule has 4 aromatic rings. The first-order valence-electron chi connectivity index (χ1n) is 12.9. The molecule has 0 aromatic heterocycles. The number of rotatable bonds is 7. The highest BCUT2D eigenvalue weighted by atomic mass is 32.2. The highest BCUT2D eigenvalue weighted by Gasteiger charge is 2.39. The van der Waals surface area contributed by atoms with Crippen molar-refractivity contribution in [2.24, 2.45) is 0 Å². The van der Waals surface area contributed by atoms with Gasteiger partial charge in [-0.25, -0.2) is 8.78 Å². The zero-order valence-corrected chi connectivity index (χ0v) is 21.4. The fourth-order valence-electron chi connectivity index (χ4n) is 5.60. The molecule has 37 heavy (non-hydrogen) atoms. The highest BCUT2D eigenvalue weighted by molar-refractivity contribution is 8.00. The van der Waals surface area contributed by atoms with Crippen LogP contribution in [0, 0.1) is 11.6 Å². The Morgan fingerprint density at radius 2 is 1.46 bits per heavy atom. The van der Waals surface area contributed by atoms with E-state index in [1.165, 1.54) is 25.0 Å². The number of benzene rings is 4. The Kier molecular flexibility index (Phi) is 6.99. The lowest BCUT2D eigenvalue weighted by atomic mass is 9.81. The Labute approximate surface area is 221 Å². The third-order valence-corrected chi connectivity index (χ3v) is 8.83. The van der Waals surface area contributed by atoms with Gasteiger partial charge >= 0.3 is 0 Å². The van der Waals surface area contributed by atoms with Crippen molar-refractivity contribution >= 4 is 11.8 Å². The van der Waals surface area contributed by atoms with Gasteiger partial charge in [-0.15, -0.1) is 11.8 Å². The maximum atomic E-state index is 15.3. The van der Waals surface area contributed by atoms with Crippen LogP contribution in [0.1, 0.15) is 40.7 Å². The van der Waals surface area contributed by atoms with Crippen molar-refractivity contribution in [3.05, 3.63) is 119 Å². The van der Waals surface area contributed by atoms with E-state index in [0.29, 0.717) is 17.7 Å². The van der Waals surface area contributed by atoms with Gasteiger partial charge in [0.25, 0.3) is 0 Å². The molecule has 1 saturated heterocycles. The molecule has 0 radical (unpaired) electrons. The maximum Gasteiger partial charge on any atom is 0.131 e. The average molecular weight is 514 g/mol. The first kappa shape index (κ1) is 24.2. The van der Waals surface area contributed by atoms with Crippen LogP contribution in [-0.2, 0) is 0 Å². The molecule has 0 spiro atoms. The number of ether oxygens (including phenoxy) is 1. The Morgan fingerprint density at radius 1 is 0.757 bits per heavy atom. The molecule has 5 heteroatoms. The van der Waals surface area contributed by atoms with Crippen molar-refractivity contribution in [2.45, 2.75) is 28.9 Å². The van der Waals surface area contributed by atoms with Crippen LogP contribution in [0.4, 0.5) is 8.78 Å². The number of fused-ring (bicyclic) bond motifs is 1. The number of thioether (sulfide) groups is 1. The van der Waals surface area contributed by atoms with Crippen LogP contribution in [0.15, 0.2) is 95.9 Å². The number of hydrogen-bond acceptors (Lipinski definition) is 3. The smallest absolute Gasteiger partial charge is 0.131 e. The molecule has 2 heterocycles. The molecule has 0 N–H and O–H groups in total. The zero-order chi connectivity index (χ0) is 25.2. The molecule has 0 aliphatic carbocycles. The summed E-state index contributed by atoms with van der Waals surface area (Å²) in [6, 6.07) is 28.0. The Balaban J connectivity index is 1.34. The Hall–Kier alpha value is -3.15. The van der Waals surface area contributed by atoms with E-state index in [4.69, 9.17) is 4.74 Å². The van der Waals surface area contributed by atoms with Crippen LogP contribution in [0.2, 0.25) is 0 Å². The number of halogens is 2. The molecular weight excluding hydrogens is 484 g/mol. The van der Waals surface area contributed by atoms with Gasteiger partial charge < -0.3 is 4.74 Å². The van der Waals surface area contributed by atoms with E-state index in [0.717, 1.165) is 47.0 Å². The van der Waals surface area contributed by atoms with Gasteiger partial charge in [0.1, 0.15) is 24.0 Å². The summed E-state index contributed by atoms with van der Waals surface area (Å²) in [7, 11) is 0. The van der Waals surface area contributed by atoms with Crippen LogP contribution in [0.25, 0.3) is 11.1 Å². The molecule has 188 valence electrons. The van der Waals surface area contributed by atoms with Crippen molar-refractivity contribution in [3.63, 3.8) is 0 Å². The molecule has 0 bridgehead atoms. The fraction of sp³-hybridized carbons (Fsp3) is 0.250. The summed E-state index contributed by atoms with van der Waals surface area (Å²) in [5.74, 6) is 0.0834. The Bertz CT molecular complexity index is 1380.